The van der Waals surface area contributed by atoms with Crippen LogP contribution in [0.1, 0.15) is 316 Å². The maximum atomic E-state index is 13.2. The topological polar surface area (TPSA) is 175 Å². The quantitative estimate of drug-likeness (QED) is 0.0228. The Balaban J connectivity index is 2.64. The van der Waals surface area contributed by atoms with Gasteiger partial charge >= 0.3 is 23.9 Å². The number of hydrogen-bond acceptors (Lipinski definition) is 11. The van der Waals surface area contributed by atoms with E-state index < -0.39 is 67.3 Å². The second-order valence-corrected chi connectivity index (χ2v) is 23.1. The summed E-state index contributed by atoms with van der Waals surface area (Å²) in [6, 6.07) is 0. The van der Waals surface area contributed by atoms with Gasteiger partial charge in [0.1, 0.15) is 18.8 Å². The van der Waals surface area contributed by atoms with Crippen molar-refractivity contribution < 1.29 is 58.2 Å². The van der Waals surface area contributed by atoms with E-state index in [0.29, 0.717) is 19.3 Å². The summed E-state index contributed by atoms with van der Waals surface area (Å²) < 4.78 is 28.6. The highest BCUT2D eigenvalue weighted by Gasteiger charge is 2.50. The highest BCUT2D eigenvalue weighted by molar-refractivity contribution is 5.74. The van der Waals surface area contributed by atoms with Gasteiger partial charge in [0.2, 0.25) is 0 Å². The van der Waals surface area contributed by atoms with Crippen LogP contribution in [0.15, 0.2) is 48.6 Å². The highest BCUT2D eigenvalue weighted by Crippen LogP contribution is 2.27. The van der Waals surface area contributed by atoms with E-state index in [-0.39, 0.29) is 25.9 Å². The molecule has 1 fully saturated rings. The third kappa shape index (κ3) is 46.7. The zero-order chi connectivity index (χ0) is 58.9. The predicted octanol–water partition coefficient (Wildman–Crippen LogP) is 18.1. The summed E-state index contributed by atoms with van der Waals surface area (Å²) >= 11 is 0. The molecule has 0 saturated carbocycles. The minimum absolute atomic E-state index is 0.0561. The monoisotopic (exact) mass is 1140 g/mol. The molecule has 12 heteroatoms. The number of carbonyl (C=O) groups excluding carboxylic acids is 3. The van der Waals surface area contributed by atoms with Crippen LogP contribution in [0.4, 0.5) is 0 Å². The van der Waals surface area contributed by atoms with E-state index in [1.54, 1.807) is 0 Å². The Kier molecular flexibility index (Phi) is 53.4. The Bertz CT molecular complexity index is 1590. The lowest BCUT2D eigenvalue weighted by molar-refractivity contribution is -0.301. The lowest BCUT2D eigenvalue weighted by Gasteiger charge is -2.40. The molecule has 1 aliphatic rings. The van der Waals surface area contributed by atoms with Gasteiger partial charge in [0, 0.05) is 19.3 Å². The molecule has 1 rings (SSSR count). The Morgan fingerprint density at radius 3 is 1.15 bits per heavy atom. The van der Waals surface area contributed by atoms with Crippen LogP contribution in [0.5, 0.6) is 0 Å². The first kappa shape index (κ1) is 75.7. The smallest absolute Gasteiger partial charge is 0.335 e. The van der Waals surface area contributed by atoms with Gasteiger partial charge in [0.25, 0.3) is 0 Å². The summed E-state index contributed by atoms with van der Waals surface area (Å²) in [7, 11) is 0. The van der Waals surface area contributed by atoms with Crippen molar-refractivity contribution in [3.05, 3.63) is 48.6 Å². The number of hydrogen-bond donors (Lipinski definition) is 3. The zero-order valence-electron chi connectivity index (χ0n) is 52.0. The Morgan fingerprint density at radius 2 is 0.741 bits per heavy atom. The molecule has 0 aromatic carbocycles. The molecule has 6 atom stereocenters. The van der Waals surface area contributed by atoms with Crippen molar-refractivity contribution in [3.8, 4) is 0 Å². The Morgan fingerprint density at radius 1 is 0.407 bits per heavy atom. The molecule has 0 aromatic heterocycles. The predicted molar refractivity (Wildman–Crippen MR) is 331 cm³/mol. The van der Waals surface area contributed by atoms with Gasteiger partial charge in [-0.05, 0) is 103 Å². The molecule has 12 nitrogen and oxygen atoms in total. The summed E-state index contributed by atoms with van der Waals surface area (Å²) in [4.78, 5) is 51.4. The number of ether oxygens (including phenoxy) is 5. The van der Waals surface area contributed by atoms with Crippen molar-refractivity contribution >= 4 is 23.9 Å². The standard InChI is InChI=1S/C69H122O12/c1-4-7-10-13-16-19-22-25-28-30-31-33-35-37-40-43-46-49-52-55-61(70)77-58-60(79-62(71)56-53-50-47-44-41-38-34-27-24-21-18-15-12-9-6-3)59-78-69-67(65(74)64(73)66(81-69)68(75)76)80-63(72)57-54-51-48-45-42-39-36-32-29-26-23-20-17-14-11-8-5-2/h16,19,25-29,34,60,64-67,69,73-74H,4-15,17-18,20-24,30-33,35-59H2,1-3H3,(H,75,76)/b19-16-,28-25-,29-26-,34-27-. The Labute approximate surface area is 494 Å². The first-order valence-electron chi connectivity index (χ1n) is 33.6. The number of unbranched alkanes of at least 4 members (excludes halogenated alkanes) is 36. The minimum Gasteiger partial charge on any atom is -0.479 e. The molecular weight excluding hydrogens is 1020 g/mol. The molecule has 3 N–H and O–H groups in total. The molecule has 1 aliphatic heterocycles. The molecule has 6 unspecified atom stereocenters. The molecule has 0 bridgehead atoms. The molecule has 0 aliphatic carbocycles. The van der Waals surface area contributed by atoms with Crippen molar-refractivity contribution in [3.63, 3.8) is 0 Å². The van der Waals surface area contributed by atoms with Crippen LogP contribution in [-0.2, 0) is 42.9 Å². The van der Waals surface area contributed by atoms with E-state index in [0.717, 1.165) is 103 Å². The average Bonchev–Trinajstić information content (AvgIpc) is 3.53. The largest absolute Gasteiger partial charge is 0.479 e. The number of carboxylic acids is 1. The van der Waals surface area contributed by atoms with Gasteiger partial charge in [0.15, 0.2) is 24.6 Å². The molecule has 470 valence electrons. The molecule has 0 radical (unpaired) electrons. The van der Waals surface area contributed by atoms with E-state index >= 15 is 0 Å². The molecule has 0 amide bonds. The normalized spacial score (nSPS) is 18.0. The summed E-state index contributed by atoms with van der Waals surface area (Å²) in [6.45, 7) is 5.99. The minimum atomic E-state index is -1.91. The van der Waals surface area contributed by atoms with Gasteiger partial charge in [-0.3, -0.25) is 14.4 Å². The second-order valence-electron chi connectivity index (χ2n) is 23.1. The molecule has 0 spiro atoms. The fraction of sp³-hybridized carbons (Fsp3) is 0.826. The lowest BCUT2D eigenvalue weighted by Crippen LogP contribution is -2.61. The van der Waals surface area contributed by atoms with E-state index in [9.17, 15) is 34.5 Å². The van der Waals surface area contributed by atoms with E-state index in [4.69, 9.17) is 23.7 Å². The van der Waals surface area contributed by atoms with Gasteiger partial charge < -0.3 is 39.0 Å². The Hall–Kier alpha value is -3.32. The maximum absolute atomic E-state index is 13.2. The molecule has 1 saturated heterocycles. The van der Waals surface area contributed by atoms with Crippen LogP contribution >= 0.6 is 0 Å². The van der Waals surface area contributed by atoms with Gasteiger partial charge in [-0.15, -0.1) is 0 Å². The van der Waals surface area contributed by atoms with Gasteiger partial charge in [0.05, 0.1) is 6.61 Å². The first-order valence-corrected chi connectivity index (χ1v) is 33.6. The van der Waals surface area contributed by atoms with Crippen molar-refractivity contribution in [2.24, 2.45) is 0 Å². The van der Waals surface area contributed by atoms with Crippen LogP contribution in [-0.4, -0.2) is 89.2 Å². The van der Waals surface area contributed by atoms with Crippen molar-refractivity contribution in [1.82, 2.24) is 0 Å². The van der Waals surface area contributed by atoms with Crippen molar-refractivity contribution in [2.75, 3.05) is 13.2 Å². The summed E-state index contributed by atoms with van der Waals surface area (Å²) in [6.07, 6.45) is 57.8. The lowest BCUT2D eigenvalue weighted by atomic mass is 9.98. The van der Waals surface area contributed by atoms with E-state index in [2.05, 4.69) is 69.4 Å². The molecule has 0 aromatic rings. The maximum Gasteiger partial charge on any atom is 0.335 e. The van der Waals surface area contributed by atoms with E-state index in [1.165, 1.54) is 154 Å². The number of esters is 3. The number of rotatable bonds is 58. The van der Waals surface area contributed by atoms with Gasteiger partial charge in [-0.1, -0.05) is 243 Å². The summed E-state index contributed by atoms with van der Waals surface area (Å²) in [5.41, 5.74) is 0. The van der Waals surface area contributed by atoms with Gasteiger partial charge in [-0.2, -0.15) is 0 Å². The second kappa shape index (κ2) is 57.1. The van der Waals surface area contributed by atoms with E-state index in [1.807, 2.05) is 0 Å². The number of carboxylic acid groups (broad SMARTS) is 1. The fourth-order valence-corrected chi connectivity index (χ4v) is 10.2. The fourth-order valence-electron chi connectivity index (χ4n) is 10.2. The SMILES string of the molecule is CCCCC/C=C\C/C=C\CCCCCCCCCCCC(=O)OCC(COC1OC(C(=O)O)C(O)C(O)C1OC(=O)CCCCCCCCC/C=C\CCCCCCCC)OC(=O)CCCCCCC/C=C\CCCCCCCC. The highest BCUT2D eigenvalue weighted by atomic mass is 16.7. The number of aliphatic hydroxyl groups is 2. The van der Waals surface area contributed by atoms with Crippen LogP contribution in [0.2, 0.25) is 0 Å². The summed E-state index contributed by atoms with van der Waals surface area (Å²) in [5.74, 6) is -3.11. The van der Waals surface area contributed by atoms with Crippen LogP contribution < -0.4 is 0 Å². The number of carbonyl (C=O) groups is 4. The van der Waals surface area contributed by atoms with Crippen molar-refractivity contribution in [1.29, 1.82) is 0 Å². The van der Waals surface area contributed by atoms with Crippen LogP contribution in [0.25, 0.3) is 0 Å². The van der Waals surface area contributed by atoms with Gasteiger partial charge in [-0.25, -0.2) is 4.79 Å². The first-order chi connectivity index (χ1) is 39.6. The average molecular weight is 1140 g/mol. The number of allylic oxidation sites excluding steroid dienone is 8. The molecule has 81 heavy (non-hydrogen) atoms. The van der Waals surface area contributed by atoms with Crippen molar-refractivity contribution in [2.45, 2.75) is 353 Å². The zero-order valence-corrected chi connectivity index (χ0v) is 52.0. The number of aliphatic hydroxyl groups excluding tert-OH is 2. The third-order valence-corrected chi connectivity index (χ3v) is 15.3. The number of aliphatic carboxylic acids is 1. The molecule has 1 heterocycles. The van der Waals surface area contributed by atoms with Crippen LogP contribution in [0, 0.1) is 0 Å². The van der Waals surface area contributed by atoms with Crippen LogP contribution in [0.3, 0.4) is 0 Å². The molecular formula is C69H122O12. The summed E-state index contributed by atoms with van der Waals surface area (Å²) in [5, 5.41) is 31.6. The third-order valence-electron chi connectivity index (χ3n) is 15.3.